The van der Waals surface area contributed by atoms with Crippen molar-refractivity contribution in [3.63, 3.8) is 0 Å². The van der Waals surface area contributed by atoms with E-state index in [0.29, 0.717) is 13.1 Å². The molecule has 0 aliphatic carbocycles. The van der Waals surface area contributed by atoms with Crippen LogP contribution in [0, 0.1) is 5.41 Å². The Hall–Kier alpha value is -0.660. The predicted molar refractivity (Wildman–Crippen MR) is 97.2 cm³/mol. The number of hydrogen-bond acceptors (Lipinski definition) is 4. The summed E-state index contributed by atoms with van der Waals surface area (Å²) in [6.07, 6.45) is 1.57. The number of piperidine rings is 1. The Bertz CT molecular complexity index is 488. The van der Waals surface area contributed by atoms with Crippen LogP contribution in [0.25, 0.3) is 0 Å². The van der Waals surface area contributed by atoms with E-state index < -0.39 is 16.6 Å². The van der Waals surface area contributed by atoms with Gasteiger partial charge in [-0.05, 0) is 54.4 Å². The lowest BCUT2D eigenvalue weighted by atomic mass is 9.75. The van der Waals surface area contributed by atoms with Crippen molar-refractivity contribution in [2.75, 3.05) is 26.2 Å². The highest BCUT2D eigenvalue weighted by Gasteiger charge is 2.47. The molecule has 2 heterocycles. The van der Waals surface area contributed by atoms with Crippen molar-refractivity contribution in [1.29, 1.82) is 0 Å². The van der Waals surface area contributed by atoms with Gasteiger partial charge in [-0.3, -0.25) is 0 Å². The number of rotatable bonds is 2. The van der Waals surface area contributed by atoms with Gasteiger partial charge in [0.25, 0.3) is 0 Å². The second-order valence-corrected chi connectivity index (χ2v) is 11.0. The summed E-state index contributed by atoms with van der Waals surface area (Å²) in [5.41, 5.74) is -0.395. The summed E-state index contributed by atoms with van der Waals surface area (Å²) in [5.74, 6) is 0. The third kappa shape index (κ3) is 4.70. The molecule has 0 bridgehead atoms. The maximum absolute atomic E-state index is 12.5. The Balaban J connectivity index is 1.96. The number of hydrogen-bond donors (Lipinski definition) is 2. The monoisotopic (exact) mass is 359 g/mol. The standard InChI is InChI=1S/C17H33N3O3S/c1-15(2,3)23-14(21)20-9-7-17(8-10-20)12-18-11-13(17)19-24(22)16(4,5)6/h13,18-19H,7-12H2,1-6H3/t13-,24?/m1/s1. The maximum Gasteiger partial charge on any atom is 0.410 e. The van der Waals surface area contributed by atoms with Gasteiger partial charge in [0.15, 0.2) is 0 Å². The molecule has 0 radical (unpaired) electrons. The minimum absolute atomic E-state index is 0.0689. The molecule has 2 saturated heterocycles. The quantitative estimate of drug-likeness (QED) is 0.791. The van der Waals surface area contributed by atoms with Crippen molar-refractivity contribution in [3.05, 3.63) is 0 Å². The molecule has 140 valence electrons. The lowest BCUT2D eigenvalue weighted by Gasteiger charge is -2.43. The van der Waals surface area contributed by atoms with E-state index in [1.165, 1.54) is 0 Å². The fourth-order valence-corrected chi connectivity index (χ4v) is 4.21. The molecule has 0 aromatic carbocycles. The van der Waals surface area contributed by atoms with Crippen LogP contribution in [0.4, 0.5) is 4.79 Å². The number of nitrogens with one attached hydrogen (secondary N) is 2. The lowest BCUT2D eigenvalue weighted by Crippen LogP contribution is -2.54. The summed E-state index contributed by atoms with van der Waals surface area (Å²) in [5, 5.41) is 3.44. The summed E-state index contributed by atoms with van der Waals surface area (Å²) >= 11 is 0. The zero-order valence-electron chi connectivity index (χ0n) is 15.9. The van der Waals surface area contributed by atoms with E-state index in [1.54, 1.807) is 4.90 Å². The van der Waals surface area contributed by atoms with Gasteiger partial charge < -0.3 is 15.0 Å². The largest absolute Gasteiger partial charge is 0.444 e. The van der Waals surface area contributed by atoms with Crippen molar-refractivity contribution < 1.29 is 13.7 Å². The molecular formula is C17H33N3O3S. The average Bonchev–Trinajstić information content (AvgIpc) is 2.79. The number of amides is 1. The molecule has 2 fully saturated rings. The van der Waals surface area contributed by atoms with E-state index in [2.05, 4.69) is 10.0 Å². The van der Waals surface area contributed by atoms with Gasteiger partial charge in [-0.1, -0.05) is 0 Å². The summed E-state index contributed by atoms with van der Waals surface area (Å²) in [7, 11) is -1.08. The van der Waals surface area contributed by atoms with Crippen molar-refractivity contribution in [3.8, 4) is 0 Å². The highest BCUT2D eigenvalue weighted by molar-refractivity contribution is 7.84. The van der Waals surface area contributed by atoms with Gasteiger partial charge >= 0.3 is 6.09 Å². The first-order valence-corrected chi connectivity index (χ1v) is 9.95. The highest BCUT2D eigenvalue weighted by atomic mass is 32.2. The fourth-order valence-electron chi connectivity index (χ4n) is 3.26. The van der Waals surface area contributed by atoms with Crippen molar-refractivity contribution in [1.82, 2.24) is 14.9 Å². The molecule has 2 rings (SSSR count). The molecule has 2 aliphatic rings. The first-order valence-electron chi connectivity index (χ1n) is 8.80. The first-order chi connectivity index (χ1) is 10.9. The molecule has 0 saturated carbocycles. The molecular weight excluding hydrogens is 326 g/mol. The van der Waals surface area contributed by atoms with E-state index in [9.17, 15) is 9.00 Å². The molecule has 1 unspecified atom stereocenters. The molecule has 6 nitrogen and oxygen atoms in total. The first kappa shape index (κ1) is 19.7. The smallest absolute Gasteiger partial charge is 0.410 e. The van der Waals surface area contributed by atoms with E-state index in [1.807, 2.05) is 41.5 Å². The molecule has 24 heavy (non-hydrogen) atoms. The van der Waals surface area contributed by atoms with Crippen LogP contribution in [-0.4, -0.2) is 57.8 Å². The molecule has 2 aliphatic heterocycles. The third-order valence-electron chi connectivity index (χ3n) is 4.78. The van der Waals surface area contributed by atoms with Gasteiger partial charge in [-0.25, -0.2) is 13.7 Å². The topological polar surface area (TPSA) is 70.7 Å². The van der Waals surface area contributed by atoms with E-state index in [-0.39, 0.29) is 22.3 Å². The fraction of sp³-hybridized carbons (Fsp3) is 0.941. The van der Waals surface area contributed by atoms with Crippen molar-refractivity contribution in [2.45, 2.75) is 70.8 Å². The van der Waals surface area contributed by atoms with Crippen LogP contribution in [-0.2, 0) is 15.7 Å². The molecule has 0 aromatic rings. The van der Waals surface area contributed by atoms with Crippen LogP contribution in [0.2, 0.25) is 0 Å². The maximum atomic E-state index is 12.5. The van der Waals surface area contributed by atoms with Gasteiger partial charge in [0.05, 0.1) is 15.7 Å². The van der Waals surface area contributed by atoms with Gasteiger partial charge in [0.1, 0.15) is 5.60 Å². The van der Waals surface area contributed by atoms with Crippen LogP contribution in [0.15, 0.2) is 0 Å². The Labute approximate surface area is 148 Å². The SMILES string of the molecule is CC(C)(C)OC(=O)N1CCC2(CC1)CNC[C@H]2NS(=O)C(C)(C)C. The molecule has 2 atom stereocenters. The van der Waals surface area contributed by atoms with Gasteiger partial charge in [0.2, 0.25) is 0 Å². The summed E-state index contributed by atoms with van der Waals surface area (Å²) in [4.78, 5) is 14.0. The Morgan fingerprint density at radius 3 is 2.29 bits per heavy atom. The third-order valence-corrected chi connectivity index (χ3v) is 6.39. The second kappa shape index (κ2) is 6.92. The normalized spacial score (nSPS) is 25.8. The highest BCUT2D eigenvalue weighted by Crippen LogP contribution is 2.38. The Morgan fingerprint density at radius 2 is 1.79 bits per heavy atom. The van der Waals surface area contributed by atoms with E-state index in [4.69, 9.17) is 4.74 Å². The second-order valence-electron chi connectivity index (χ2n) is 9.01. The lowest BCUT2D eigenvalue weighted by molar-refractivity contribution is 0.0100. The minimum atomic E-state index is -1.08. The van der Waals surface area contributed by atoms with Crippen LogP contribution >= 0.6 is 0 Å². The predicted octanol–water partition coefficient (Wildman–Crippen LogP) is 2.03. The van der Waals surface area contributed by atoms with Crippen LogP contribution in [0.5, 0.6) is 0 Å². The Morgan fingerprint density at radius 1 is 1.21 bits per heavy atom. The van der Waals surface area contributed by atoms with Gasteiger partial charge in [-0.15, -0.1) is 0 Å². The summed E-state index contributed by atoms with van der Waals surface area (Å²) in [6.45, 7) is 14.7. The number of likely N-dealkylation sites (tertiary alicyclic amines) is 1. The average molecular weight is 360 g/mol. The van der Waals surface area contributed by atoms with Crippen molar-refractivity contribution in [2.24, 2.45) is 5.41 Å². The Kier molecular flexibility index (Phi) is 5.67. The summed E-state index contributed by atoms with van der Waals surface area (Å²) < 4.78 is 21.0. The number of carbonyl (C=O) groups is 1. The van der Waals surface area contributed by atoms with Crippen LogP contribution in [0.1, 0.15) is 54.4 Å². The van der Waals surface area contributed by atoms with Crippen LogP contribution < -0.4 is 10.0 Å². The number of nitrogens with zero attached hydrogens (tertiary/aromatic N) is 1. The van der Waals surface area contributed by atoms with Gasteiger partial charge in [-0.2, -0.15) is 0 Å². The number of ether oxygens (including phenoxy) is 1. The van der Waals surface area contributed by atoms with E-state index in [0.717, 1.165) is 25.9 Å². The summed E-state index contributed by atoms with van der Waals surface area (Å²) in [6, 6.07) is 0.179. The molecule has 2 N–H and O–H groups in total. The molecule has 1 amide bonds. The molecule has 7 heteroatoms. The van der Waals surface area contributed by atoms with Crippen molar-refractivity contribution >= 4 is 17.1 Å². The number of carbonyl (C=O) groups excluding carboxylic acids is 1. The zero-order valence-corrected chi connectivity index (χ0v) is 16.7. The minimum Gasteiger partial charge on any atom is -0.444 e. The van der Waals surface area contributed by atoms with E-state index >= 15 is 0 Å². The zero-order chi connectivity index (χ0) is 18.2. The molecule has 1 spiro atoms. The van der Waals surface area contributed by atoms with Crippen LogP contribution in [0.3, 0.4) is 0 Å². The molecule has 0 aromatic heterocycles. The van der Waals surface area contributed by atoms with Gasteiger partial charge in [0, 0.05) is 37.6 Å².